The van der Waals surface area contributed by atoms with Gasteiger partial charge in [0.2, 0.25) is 0 Å². The lowest BCUT2D eigenvalue weighted by atomic mass is 9.81. The molecule has 2 N–H and O–H groups in total. The number of ether oxygens (including phenoxy) is 3. The van der Waals surface area contributed by atoms with Crippen LogP contribution in [0, 0.1) is 5.92 Å². The monoisotopic (exact) mass is 390 g/mol. The molecule has 2 atom stereocenters. The zero-order chi connectivity index (χ0) is 20.3. The molecule has 8 nitrogen and oxygen atoms in total. The van der Waals surface area contributed by atoms with E-state index in [1.54, 1.807) is 14.0 Å². The van der Waals surface area contributed by atoms with E-state index >= 15 is 0 Å². The third-order valence-electron chi connectivity index (χ3n) is 5.06. The highest BCUT2D eigenvalue weighted by atomic mass is 16.5. The van der Waals surface area contributed by atoms with Gasteiger partial charge in [0.15, 0.2) is 0 Å². The van der Waals surface area contributed by atoms with E-state index in [4.69, 9.17) is 14.2 Å². The number of aromatic amines is 1. The van der Waals surface area contributed by atoms with Gasteiger partial charge in [-0.2, -0.15) is 0 Å². The molecule has 152 valence electrons. The van der Waals surface area contributed by atoms with Crippen LogP contribution in [-0.4, -0.2) is 55.6 Å². The highest BCUT2D eigenvalue weighted by molar-refractivity contribution is 5.99. The van der Waals surface area contributed by atoms with E-state index in [2.05, 4.69) is 4.98 Å². The Morgan fingerprint density at radius 2 is 2.07 bits per heavy atom. The van der Waals surface area contributed by atoms with E-state index in [0.717, 1.165) is 22.0 Å². The molecule has 0 saturated heterocycles. The number of carboxylic acid groups (broad SMARTS) is 1. The second kappa shape index (κ2) is 8.62. The van der Waals surface area contributed by atoms with Crippen LogP contribution >= 0.6 is 0 Å². The van der Waals surface area contributed by atoms with E-state index in [1.807, 2.05) is 25.1 Å². The number of anilines is 1. The van der Waals surface area contributed by atoms with Crippen molar-refractivity contribution in [2.24, 2.45) is 5.92 Å². The van der Waals surface area contributed by atoms with Gasteiger partial charge in [0.25, 0.3) is 0 Å². The molecular weight excluding hydrogens is 364 g/mol. The Hall–Kier alpha value is -2.58. The fraction of sp³-hybridized carbons (Fsp3) is 0.500. The van der Waals surface area contributed by atoms with E-state index < -0.39 is 18.0 Å². The molecule has 1 aliphatic rings. The van der Waals surface area contributed by atoms with Gasteiger partial charge in [-0.25, -0.2) is 4.79 Å². The van der Waals surface area contributed by atoms with Crippen LogP contribution in [0.25, 0.3) is 10.9 Å². The summed E-state index contributed by atoms with van der Waals surface area (Å²) in [7, 11) is 1.57. The third kappa shape index (κ3) is 3.57. The number of hydrogen-bond acceptors (Lipinski definition) is 5. The van der Waals surface area contributed by atoms with E-state index in [0.29, 0.717) is 19.0 Å². The molecule has 28 heavy (non-hydrogen) atoms. The zero-order valence-electron chi connectivity index (χ0n) is 16.4. The molecule has 0 saturated carbocycles. The fourth-order valence-corrected chi connectivity index (χ4v) is 3.90. The Morgan fingerprint density at radius 3 is 2.71 bits per heavy atom. The molecule has 1 aromatic carbocycles. The number of nitrogens with zero attached hydrogens (tertiary/aromatic N) is 1. The molecule has 0 radical (unpaired) electrons. The van der Waals surface area contributed by atoms with Gasteiger partial charge in [0.05, 0.1) is 25.7 Å². The summed E-state index contributed by atoms with van der Waals surface area (Å²) in [6.07, 6.45) is -1.12. The fourth-order valence-electron chi connectivity index (χ4n) is 3.90. The molecule has 1 aromatic heterocycles. The number of esters is 1. The molecule has 0 fully saturated rings. The van der Waals surface area contributed by atoms with E-state index in [-0.39, 0.29) is 25.7 Å². The van der Waals surface area contributed by atoms with Gasteiger partial charge in [-0.1, -0.05) is 12.1 Å². The van der Waals surface area contributed by atoms with Crippen molar-refractivity contribution in [1.82, 2.24) is 4.98 Å². The molecule has 3 rings (SSSR count). The topological polar surface area (TPSA) is 101 Å². The van der Waals surface area contributed by atoms with Crippen LogP contribution in [0.1, 0.15) is 30.9 Å². The van der Waals surface area contributed by atoms with Gasteiger partial charge in [-0.15, -0.1) is 0 Å². The summed E-state index contributed by atoms with van der Waals surface area (Å²) in [6.45, 7) is 5.15. The van der Waals surface area contributed by atoms with Crippen molar-refractivity contribution >= 4 is 28.8 Å². The molecule has 2 aromatic rings. The lowest BCUT2D eigenvalue weighted by Crippen LogP contribution is -2.45. The predicted molar refractivity (Wildman–Crippen MR) is 104 cm³/mol. The number of hydrogen-bond donors (Lipinski definition) is 2. The molecule has 0 bridgehead atoms. The molecule has 8 heteroatoms. The first-order chi connectivity index (χ1) is 13.5. The Labute approximate surface area is 163 Å². The minimum atomic E-state index is -1.12. The summed E-state index contributed by atoms with van der Waals surface area (Å²) in [5, 5.41) is 10.6. The number of amides is 1. The summed E-state index contributed by atoms with van der Waals surface area (Å²) >= 11 is 0. The second-order valence-corrected chi connectivity index (χ2v) is 6.68. The van der Waals surface area contributed by atoms with Gasteiger partial charge >= 0.3 is 12.1 Å². The van der Waals surface area contributed by atoms with Crippen molar-refractivity contribution in [3.63, 3.8) is 0 Å². The maximum atomic E-state index is 12.6. The molecule has 1 amide bonds. The first-order valence-corrected chi connectivity index (χ1v) is 9.40. The largest absolute Gasteiger partial charge is 0.466 e. The molecule has 1 aliphatic heterocycles. The minimum absolute atomic E-state index is 0.0167. The molecular formula is C20H26N2O6. The Bertz CT molecular complexity index is 862. The van der Waals surface area contributed by atoms with Crippen molar-refractivity contribution in [3.8, 4) is 0 Å². The number of aromatic nitrogens is 1. The van der Waals surface area contributed by atoms with Crippen LogP contribution in [0.5, 0.6) is 0 Å². The van der Waals surface area contributed by atoms with Gasteiger partial charge < -0.3 is 24.3 Å². The summed E-state index contributed by atoms with van der Waals surface area (Å²) in [6, 6.07) is 5.75. The van der Waals surface area contributed by atoms with Gasteiger partial charge in [-0.05, 0) is 25.5 Å². The zero-order valence-corrected chi connectivity index (χ0v) is 16.4. The average Bonchev–Trinajstić information content (AvgIpc) is 3.06. The van der Waals surface area contributed by atoms with Crippen LogP contribution in [-0.2, 0) is 25.6 Å². The van der Waals surface area contributed by atoms with Crippen molar-refractivity contribution in [2.45, 2.75) is 26.4 Å². The van der Waals surface area contributed by atoms with Crippen LogP contribution in [0.2, 0.25) is 0 Å². The minimum Gasteiger partial charge on any atom is -0.466 e. The molecule has 0 spiro atoms. The number of methoxy groups -OCH3 is 1. The Kier molecular flexibility index (Phi) is 6.21. The normalized spacial score (nSPS) is 18.9. The maximum Gasteiger partial charge on any atom is 0.412 e. The molecule has 2 heterocycles. The number of rotatable bonds is 7. The predicted octanol–water partition coefficient (Wildman–Crippen LogP) is 3.11. The lowest BCUT2D eigenvalue weighted by molar-refractivity contribution is -0.149. The van der Waals surface area contributed by atoms with Crippen LogP contribution < -0.4 is 4.90 Å². The highest BCUT2D eigenvalue weighted by Crippen LogP contribution is 2.44. The number of H-pyrrole nitrogens is 1. The van der Waals surface area contributed by atoms with Crippen molar-refractivity contribution < 1.29 is 28.9 Å². The van der Waals surface area contributed by atoms with Gasteiger partial charge in [0.1, 0.15) is 5.82 Å². The molecule has 0 aliphatic carbocycles. The summed E-state index contributed by atoms with van der Waals surface area (Å²) in [5.41, 5.74) is 2.51. The van der Waals surface area contributed by atoms with E-state index in [9.17, 15) is 14.7 Å². The first-order valence-electron chi connectivity index (χ1n) is 9.40. The Balaban J connectivity index is 2.22. The number of benzene rings is 1. The quantitative estimate of drug-likeness (QED) is 0.705. The van der Waals surface area contributed by atoms with Crippen LogP contribution in [0.4, 0.5) is 10.6 Å². The highest BCUT2D eigenvalue weighted by Gasteiger charge is 2.43. The Morgan fingerprint density at radius 1 is 1.29 bits per heavy atom. The van der Waals surface area contributed by atoms with Gasteiger partial charge in [-0.3, -0.25) is 9.69 Å². The number of carbonyl (C=O) groups is 2. The van der Waals surface area contributed by atoms with Gasteiger partial charge in [0, 0.05) is 42.6 Å². The number of nitrogens with one attached hydrogen (secondary N) is 1. The number of fused-ring (bicyclic) bond motifs is 3. The molecule has 2 unspecified atom stereocenters. The summed E-state index contributed by atoms with van der Waals surface area (Å²) in [4.78, 5) is 29.0. The summed E-state index contributed by atoms with van der Waals surface area (Å²) < 4.78 is 16.3. The first kappa shape index (κ1) is 20.2. The third-order valence-corrected chi connectivity index (χ3v) is 5.06. The van der Waals surface area contributed by atoms with Crippen molar-refractivity contribution in [2.75, 3.05) is 38.4 Å². The lowest BCUT2D eigenvalue weighted by Gasteiger charge is -2.35. The van der Waals surface area contributed by atoms with E-state index in [1.165, 1.54) is 4.90 Å². The van der Waals surface area contributed by atoms with Crippen molar-refractivity contribution in [3.05, 3.63) is 29.3 Å². The van der Waals surface area contributed by atoms with Crippen LogP contribution in [0.15, 0.2) is 18.2 Å². The second-order valence-electron chi connectivity index (χ2n) is 6.68. The number of carbonyl (C=O) groups excluding carboxylic acids is 1. The van der Waals surface area contributed by atoms with Crippen LogP contribution in [0.3, 0.4) is 0 Å². The standard InChI is InChI=1S/C20H26N2O6/c1-4-27-10-12-7-6-8-15-16(12)17-14(11-26-3)13(19(23)28-5-2)9-22(20(24)25)18(17)21-15/h6-8,13-14,21H,4-5,9-11H2,1-3H3,(H,24,25). The SMILES string of the molecule is CCOCc1cccc2[nH]c3c(c12)C(COC)C(C(=O)OCC)CN3C(=O)O. The van der Waals surface area contributed by atoms with Crippen molar-refractivity contribution in [1.29, 1.82) is 0 Å². The maximum absolute atomic E-state index is 12.6. The smallest absolute Gasteiger partial charge is 0.412 e. The average molecular weight is 390 g/mol. The summed E-state index contributed by atoms with van der Waals surface area (Å²) in [5.74, 6) is -0.916.